The molecular formula is C13H9ClN2O2S2. The third kappa shape index (κ3) is 2.49. The minimum atomic E-state index is -0.917. The van der Waals surface area contributed by atoms with Crippen molar-refractivity contribution in [2.75, 3.05) is 5.32 Å². The number of nitrogens with zero attached hydrogens (tertiary/aromatic N) is 1. The number of aryl methyl sites for hydroxylation is 1. The molecule has 20 heavy (non-hydrogen) atoms. The lowest BCUT2D eigenvalue weighted by Gasteiger charge is -2.04. The molecule has 0 atom stereocenters. The van der Waals surface area contributed by atoms with Crippen LogP contribution in [0.5, 0.6) is 0 Å². The summed E-state index contributed by atoms with van der Waals surface area (Å²) < 4.78 is 0.869. The molecule has 2 N–H and O–H groups in total. The van der Waals surface area contributed by atoms with E-state index < -0.39 is 5.97 Å². The summed E-state index contributed by atoms with van der Waals surface area (Å²) in [5.41, 5.74) is 1.88. The Balaban J connectivity index is 1.89. The van der Waals surface area contributed by atoms with Crippen LogP contribution in [0.2, 0.25) is 5.02 Å². The molecule has 2 heterocycles. The van der Waals surface area contributed by atoms with E-state index in [1.807, 2.05) is 25.1 Å². The fourth-order valence-corrected chi connectivity index (χ4v) is 3.84. The second kappa shape index (κ2) is 5.05. The highest BCUT2D eigenvalue weighted by Gasteiger charge is 2.13. The van der Waals surface area contributed by atoms with Crippen molar-refractivity contribution in [2.24, 2.45) is 0 Å². The molecule has 0 unspecified atom stereocenters. The Bertz CT molecular complexity index is 778. The highest BCUT2D eigenvalue weighted by molar-refractivity contribution is 7.29. The Hall–Kier alpha value is -1.63. The maximum atomic E-state index is 10.9. The van der Waals surface area contributed by atoms with E-state index in [0.29, 0.717) is 9.90 Å². The quantitative estimate of drug-likeness (QED) is 0.729. The molecule has 4 nitrogen and oxygen atoms in total. The molecule has 2 aromatic heterocycles. The van der Waals surface area contributed by atoms with E-state index in [-0.39, 0.29) is 0 Å². The predicted octanol–water partition coefficient (Wildman–Crippen LogP) is 4.76. The molecule has 0 saturated carbocycles. The van der Waals surface area contributed by atoms with Crippen LogP contribution in [0.3, 0.4) is 0 Å². The number of nitrogens with one attached hydrogen (secondary N) is 1. The molecule has 102 valence electrons. The van der Waals surface area contributed by atoms with Crippen molar-refractivity contribution >= 4 is 60.6 Å². The molecule has 0 aliphatic heterocycles. The molecular weight excluding hydrogens is 316 g/mol. The smallest absolute Gasteiger partial charge is 0.345 e. The zero-order valence-electron chi connectivity index (χ0n) is 10.3. The Morgan fingerprint density at radius 1 is 1.35 bits per heavy atom. The molecule has 7 heteroatoms. The highest BCUT2D eigenvalue weighted by Crippen LogP contribution is 2.34. The van der Waals surface area contributed by atoms with Gasteiger partial charge in [0.2, 0.25) is 0 Å². The minimum Gasteiger partial charge on any atom is -0.477 e. The van der Waals surface area contributed by atoms with Crippen molar-refractivity contribution in [1.82, 2.24) is 4.98 Å². The number of rotatable bonds is 3. The lowest BCUT2D eigenvalue weighted by Crippen LogP contribution is -1.90. The van der Waals surface area contributed by atoms with Crippen molar-refractivity contribution in [3.63, 3.8) is 0 Å². The average molecular weight is 325 g/mol. The van der Waals surface area contributed by atoms with Crippen LogP contribution in [0.25, 0.3) is 9.53 Å². The lowest BCUT2D eigenvalue weighted by atomic mass is 10.2. The van der Waals surface area contributed by atoms with Crippen LogP contribution in [-0.2, 0) is 0 Å². The molecule has 0 fully saturated rings. The van der Waals surface area contributed by atoms with Gasteiger partial charge in [-0.1, -0.05) is 29.0 Å². The summed E-state index contributed by atoms with van der Waals surface area (Å²) >= 11 is 8.67. The molecule has 1 aromatic carbocycles. The van der Waals surface area contributed by atoms with Gasteiger partial charge in [0.25, 0.3) is 0 Å². The molecule has 0 bridgehead atoms. The van der Waals surface area contributed by atoms with Gasteiger partial charge in [-0.25, -0.2) is 9.78 Å². The van der Waals surface area contributed by atoms with E-state index in [2.05, 4.69) is 10.3 Å². The first-order valence-corrected chi connectivity index (χ1v) is 7.71. The van der Waals surface area contributed by atoms with E-state index in [1.54, 1.807) is 6.07 Å². The van der Waals surface area contributed by atoms with E-state index in [0.717, 1.165) is 25.9 Å². The number of hydrogen-bond donors (Lipinski definition) is 2. The number of halogens is 1. The van der Waals surface area contributed by atoms with Crippen molar-refractivity contribution in [3.8, 4) is 0 Å². The van der Waals surface area contributed by atoms with Crippen LogP contribution < -0.4 is 5.32 Å². The molecule has 0 aliphatic carbocycles. The number of hydrogen-bond acceptors (Lipinski definition) is 5. The Morgan fingerprint density at radius 3 is 2.80 bits per heavy atom. The topological polar surface area (TPSA) is 62.2 Å². The van der Waals surface area contributed by atoms with Gasteiger partial charge in [0.15, 0.2) is 5.13 Å². The summed E-state index contributed by atoms with van der Waals surface area (Å²) in [6.07, 6.45) is 0. The number of aromatic carboxylic acids is 1. The van der Waals surface area contributed by atoms with E-state index in [4.69, 9.17) is 16.7 Å². The van der Waals surface area contributed by atoms with Gasteiger partial charge in [0.1, 0.15) is 9.71 Å². The monoisotopic (exact) mass is 324 g/mol. The number of aromatic nitrogens is 1. The number of carboxylic acid groups (broad SMARTS) is 1. The SMILES string of the molecule is Cc1ccc(Nc2nc3sc(C(=O)O)cc3s2)cc1Cl. The normalized spacial score (nSPS) is 10.9. The Morgan fingerprint density at radius 2 is 2.15 bits per heavy atom. The summed E-state index contributed by atoms with van der Waals surface area (Å²) in [6, 6.07) is 7.35. The van der Waals surface area contributed by atoms with Gasteiger partial charge in [-0.3, -0.25) is 0 Å². The molecule has 0 amide bonds. The second-order valence-corrected chi connectivity index (χ2v) is 6.66. The fourth-order valence-electron chi connectivity index (χ4n) is 1.69. The minimum absolute atomic E-state index is 0.309. The summed E-state index contributed by atoms with van der Waals surface area (Å²) in [4.78, 5) is 16.3. The molecule has 3 aromatic rings. The number of thiazole rings is 1. The fraction of sp³-hybridized carbons (Fsp3) is 0.0769. The molecule has 0 spiro atoms. The van der Waals surface area contributed by atoms with Gasteiger partial charge >= 0.3 is 5.97 Å². The number of thiophene rings is 1. The first-order chi connectivity index (χ1) is 9.52. The van der Waals surface area contributed by atoms with Crippen LogP contribution in [0.1, 0.15) is 15.2 Å². The number of benzene rings is 1. The molecule has 0 saturated heterocycles. The van der Waals surface area contributed by atoms with Crippen molar-refractivity contribution in [2.45, 2.75) is 6.92 Å². The van der Waals surface area contributed by atoms with Crippen LogP contribution in [0, 0.1) is 6.92 Å². The maximum absolute atomic E-state index is 10.9. The standard InChI is InChI=1S/C13H9ClN2O2S2/c1-6-2-3-7(4-8(6)14)15-13-16-11-9(20-13)5-10(19-11)12(17)18/h2-5H,1H3,(H,15,16)(H,17,18). The first kappa shape index (κ1) is 13.4. The van der Waals surface area contributed by atoms with E-state index >= 15 is 0 Å². The van der Waals surface area contributed by atoms with Gasteiger partial charge in [0.05, 0.1) is 4.70 Å². The van der Waals surface area contributed by atoms with Crippen LogP contribution in [-0.4, -0.2) is 16.1 Å². The second-order valence-electron chi connectivity index (χ2n) is 4.19. The van der Waals surface area contributed by atoms with Crippen LogP contribution in [0.15, 0.2) is 24.3 Å². The summed E-state index contributed by atoms with van der Waals surface area (Å²) in [5.74, 6) is -0.917. The van der Waals surface area contributed by atoms with Crippen LogP contribution in [0.4, 0.5) is 10.8 Å². The third-order valence-corrected chi connectivity index (χ3v) is 5.19. The zero-order valence-corrected chi connectivity index (χ0v) is 12.7. The maximum Gasteiger partial charge on any atom is 0.345 e. The van der Waals surface area contributed by atoms with Gasteiger partial charge in [-0.05, 0) is 30.7 Å². The number of fused-ring (bicyclic) bond motifs is 1. The number of anilines is 2. The Kier molecular flexibility index (Phi) is 3.37. The third-order valence-electron chi connectivity index (χ3n) is 2.72. The summed E-state index contributed by atoms with van der Waals surface area (Å²) in [6.45, 7) is 1.94. The molecule has 3 rings (SSSR count). The largest absolute Gasteiger partial charge is 0.477 e. The van der Waals surface area contributed by atoms with Gasteiger partial charge < -0.3 is 10.4 Å². The lowest BCUT2D eigenvalue weighted by molar-refractivity contribution is 0.0702. The summed E-state index contributed by atoms with van der Waals surface area (Å²) in [5, 5.41) is 13.5. The van der Waals surface area contributed by atoms with E-state index in [9.17, 15) is 4.79 Å². The first-order valence-electron chi connectivity index (χ1n) is 5.70. The van der Waals surface area contributed by atoms with Crippen LogP contribution >= 0.6 is 34.3 Å². The predicted molar refractivity (Wildman–Crippen MR) is 83.9 cm³/mol. The Labute approximate surface area is 127 Å². The van der Waals surface area contributed by atoms with Gasteiger partial charge in [-0.15, -0.1) is 11.3 Å². The number of carboxylic acids is 1. The number of carbonyl (C=O) groups is 1. The van der Waals surface area contributed by atoms with Crippen molar-refractivity contribution in [3.05, 3.63) is 39.7 Å². The highest BCUT2D eigenvalue weighted by atomic mass is 35.5. The van der Waals surface area contributed by atoms with Gasteiger partial charge in [0, 0.05) is 10.7 Å². The molecule has 0 aliphatic rings. The van der Waals surface area contributed by atoms with Crippen molar-refractivity contribution in [1.29, 1.82) is 0 Å². The van der Waals surface area contributed by atoms with Gasteiger partial charge in [-0.2, -0.15) is 0 Å². The zero-order chi connectivity index (χ0) is 14.3. The average Bonchev–Trinajstić information content (AvgIpc) is 2.91. The van der Waals surface area contributed by atoms with Crippen molar-refractivity contribution < 1.29 is 9.90 Å². The van der Waals surface area contributed by atoms with E-state index in [1.165, 1.54) is 22.7 Å². The summed E-state index contributed by atoms with van der Waals surface area (Å²) in [7, 11) is 0. The molecule has 0 radical (unpaired) electrons.